The Kier molecular flexibility index (Phi) is 3.10. The maximum absolute atomic E-state index is 13.2. The number of rotatable bonds is 2. The van der Waals surface area contributed by atoms with Gasteiger partial charge in [-0.05, 0) is 58.4 Å². The third-order valence-corrected chi connectivity index (χ3v) is 2.76. The van der Waals surface area contributed by atoms with Gasteiger partial charge in [0.05, 0.1) is 4.47 Å². The molecule has 0 saturated carbocycles. The van der Waals surface area contributed by atoms with Gasteiger partial charge in [-0.1, -0.05) is 0 Å². The quantitative estimate of drug-likeness (QED) is 0.819. The third-order valence-electron chi connectivity index (χ3n) is 2.12. The minimum Gasteiger partial charge on any atom is -0.399 e. The van der Waals surface area contributed by atoms with Crippen molar-refractivity contribution in [1.29, 1.82) is 0 Å². The summed E-state index contributed by atoms with van der Waals surface area (Å²) in [4.78, 5) is 0. The molecule has 0 fully saturated rings. The fourth-order valence-electron chi connectivity index (χ4n) is 1.31. The molecule has 4 heteroatoms. The van der Waals surface area contributed by atoms with Gasteiger partial charge in [-0.2, -0.15) is 0 Å². The summed E-state index contributed by atoms with van der Waals surface area (Å²) < 4.78 is 13.7. The molecule has 16 heavy (non-hydrogen) atoms. The molecule has 0 bridgehead atoms. The van der Waals surface area contributed by atoms with Gasteiger partial charge in [0.15, 0.2) is 0 Å². The Morgan fingerprint density at radius 3 is 2.25 bits per heavy atom. The first-order chi connectivity index (χ1) is 7.65. The molecule has 0 saturated heterocycles. The number of anilines is 3. The molecule has 0 amide bonds. The molecule has 2 rings (SSSR count). The highest BCUT2D eigenvalue weighted by Crippen LogP contribution is 2.22. The van der Waals surface area contributed by atoms with Crippen LogP contribution in [-0.2, 0) is 0 Å². The lowest BCUT2D eigenvalue weighted by atomic mass is 10.2. The van der Waals surface area contributed by atoms with E-state index in [0.29, 0.717) is 15.8 Å². The Morgan fingerprint density at radius 2 is 1.62 bits per heavy atom. The molecule has 0 aromatic heterocycles. The second kappa shape index (κ2) is 4.53. The van der Waals surface area contributed by atoms with Crippen LogP contribution in [0.15, 0.2) is 46.9 Å². The van der Waals surface area contributed by atoms with Gasteiger partial charge >= 0.3 is 0 Å². The van der Waals surface area contributed by atoms with Gasteiger partial charge in [-0.3, -0.25) is 0 Å². The Balaban J connectivity index is 2.20. The van der Waals surface area contributed by atoms with Crippen LogP contribution in [0.1, 0.15) is 0 Å². The van der Waals surface area contributed by atoms with Crippen LogP contribution in [0.2, 0.25) is 0 Å². The van der Waals surface area contributed by atoms with Crippen molar-refractivity contribution in [3.05, 3.63) is 52.8 Å². The van der Waals surface area contributed by atoms with Crippen molar-refractivity contribution >= 4 is 33.0 Å². The lowest BCUT2D eigenvalue weighted by molar-refractivity contribution is 0.622. The largest absolute Gasteiger partial charge is 0.399 e. The molecule has 0 atom stereocenters. The predicted molar refractivity (Wildman–Crippen MR) is 68.2 cm³/mol. The van der Waals surface area contributed by atoms with Crippen molar-refractivity contribution in [1.82, 2.24) is 0 Å². The Labute approximate surface area is 101 Å². The van der Waals surface area contributed by atoms with Crippen molar-refractivity contribution in [2.45, 2.75) is 0 Å². The highest BCUT2D eigenvalue weighted by atomic mass is 79.9. The summed E-state index contributed by atoms with van der Waals surface area (Å²) in [5.41, 5.74) is 7.84. The highest BCUT2D eigenvalue weighted by Gasteiger charge is 2.00. The average Bonchev–Trinajstić information content (AvgIpc) is 2.27. The lowest BCUT2D eigenvalue weighted by Crippen LogP contribution is -1.92. The molecule has 0 spiro atoms. The van der Waals surface area contributed by atoms with Crippen molar-refractivity contribution in [2.75, 3.05) is 11.1 Å². The summed E-state index contributed by atoms with van der Waals surface area (Å²) in [6.45, 7) is 0. The van der Waals surface area contributed by atoms with Crippen LogP contribution in [-0.4, -0.2) is 0 Å². The monoisotopic (exact) mass is 280 g/mol. The van der Waals surface area contributed by atoms with Crippen LogP contribution in [0, 0.1) is 5.82 Å². The highest BCUT2D eigenvalue weighted by molar-refractivity contribution is 9.10. The zero-order valence-electron chi connectivity index (χ0n) is 8.37. The van der Waals surface area contributed by atoms with E-state index in [9.17, 15) is 4.39 Å². The maximum Gasteiger partial charge on any atom is 0.139 e. The molecule has 0 radical (unpaired) electrons. The van der Waals surface area contributed by atoms with Crippen LogP contribution < -0.4 is 11.1 Å². The zero-order chi connectivity index (χ0) is 11.5. The first kappa shape index (κ1) is 11.0. The van der Waals surface area contributed by atoms with Crippen molar-refractivity contribution in [3.8, 4) is 0 Å². The smallest absolute Gasteiger partial charge is 0.139 e. The molecule has 2 aromatic carbocycles. The Hall–Kier alpha value is -1.55. The van der Waals surface area contributed by atoms with E-state index in [2.05, 4.69) is 21.2 Å². The number of benzene rings is 2. The first-order valence-corrected chi connectivity index (χ1v) is 5.52. The topological polar surface area (TPSA) is 38.0 Å². The van der Waals surface area contributed by atoms with E-state index in [1.807, 2.05) is 12.1 Å². The normalized spacial score (nSPS) is 10.1. The van der Waals surface area contributed by atoms with E-state index in [0.717, 1.165) is 5.69 Å². The summed E-state index contributed by atoms with van der Waals surface area (Å²) >= 11 is 3.11. The molecule has 2 nitrogen and oxygen atoms in total. The average molecular weight is 281 g/mol. The molecule has 82 valence electrons. The van der Waals surface area contributed by atoms with Gasteiger partial charge < -0.3 is 11.1 Å². The standard InChI is InChI=1S/C12H10BrFN2/c13-11-6-5-10(7-12(11)14)16-9-3-1-8(15)2-4-9/h1-7,16H,15H2. The van der Waals surface area contributed by atoms with Crippen molar-refractivity contribution in [3.63, 3.8) is 0 Å². The van der Waals surface area contributed by atoms with Crippen LogP contribution in [0.4, 0.5) is 21.5 Å². The number of halogens is 2. The van der Waals surface area contributed by atoms with Gasteiger partial charge in [0.1, 0.15) is 5.82 Å². The van der Waals surface area contributed by atoms with E-state index in [1.165, 1.54) is 6.07 Å². The second-order valence-corrected chi connectivity index (χ2v) is 4.23. The minimum absolute atomic E-state index is 0.291. The summed E-state index contributed by atoms with van der Waals surface area (Å²) in [5.74, 6) is -0.291. The SMILES string of the molecule is Nc1ccc(Nc2ccc(Br)c(F)c2)cc1. The van der Waals surface area contributed by atoms with E-state index in [1.54, 1.807) is 24.3 Å². The Bertz CT molecular complexity index is 497. The molecule has 0 aliphatic rings. The summed E-state index contributed by atoms with van der Waals surface area (Å²) in [6.07, 6.45) is 0. The number of hydrogen-bond donors (Lipinski definition) is 2. The zero-order valence-corrected chi connectivity index (χ0v) is 9.96. The summed E-state index contributed by atoms with van der Waals surface area (Å²) in [6, 6.07) is 12.2. The number of nitrogen functional groups attached to an aromatic ring is 1. The van der Waals surface area contributed by atoms with Gasteiger partial charge in [-0.15, -0.1) is 0 Å². The molecule has 0 unspecified atom stereocenters. The van der Waals surface area contributed by atoms with Crippen LogP contribution in [0.3, 0.4) is 0 Å². The van der Waals surface area contributed by atoms with Crippen molar-refractivity contribution in [2.24, 2.45) is 0 Å². The van der Waals surface area contributed by atoms with E-state index in [4.69, 9.17) is 5.73 Å². The molecular weight excluding hydrogens is 271 g/mol. The number of nitrogens with two attached hydrogens (primary N) is 1. The van der Waals surface area contributed by atoms with Gasteiger partial charge in [-0.25, -0.2) is 4.39 Å². The fraction of sp³-hybridized carbons (Fsp3) is 0. The molecule has 0 heterocycles. The molecular formula is C12H10BrFN2. The van der Waals surface area contributed by atoms with Gasteiger partial charge in [0.2, 0.25) is 0 Å². The van der Waals surface area contributed by atoms with E-state index in [-0.39, 0.29) is 5.82 Å². The van der Waals surface area contributed by atoms with Gasteiger partial charge in [0.25, 0.3) is 0 Å². The number of nitrogens with one attached hydrogen (secondary N) is 1. The van der Waals surface area contributed by atoms with E-state index < -0.39 is 0 Å². The van der Waals surface area contributed by atoms with Crippen LogP contribution >= 0.6 is 15.9 Å². The molecule has 0 aliphatic carbocycles. The van der Waals surface area contributed by atoms with Gasteiger partial charge in [0, 0.05) is 17.1 Å². The molecule has 0 aliphatic heterocycles. The second-order valence-electron chi connectivity index (χ2n) is 3.38. The van der Waals surface area contributed by atoms with Crippen LogP contribution in [0.5, 0.6) is 0 Å². The van der Waals surface area contributed by atoms with Crippen molar-refractivity contribution < 1.29 is 4.39 Å². The summed E-state index contributed by atoms with van der Waals surface area (Å²) in [7, 11) is 0. The minimum atomic E-state index is -0.291. The van der Waals surface area contributed by atoms with Crippen LogP contribution in [0.25, 0.3) is 0 Å². The first-order valence-electron chi connectivity index (χ1n) is 4.73. The number of hydrogen-bond acceptors (Lipinski definition) is 2. The van der Waals surface area contributed by atoms with E-state index >= 15 is 0 Å². The maximum atomic E-state index is 13.2. The Morgan fingerprint density at radius 1 is 1.00 bits per heavy atom. The predicted octanol–water partition coefficient (Wildman–Crippen LogP) is 3.91. The molecule has 3 N–H and O–H groups in total. The molecule has 2 aromatic rings. The summed E-state index contributed by atoms with van der Waals surface area (Å²) in [5, 5.41) is 3.08. The third kappa shape index (κ3) is 2.52. The fourth-order valence-corrected chi connectivity index (χ4v) is 1.55. The lowest BCUT2D eigenvalue weighted by Gasteiger charge is -2.07.